The number of hydrogen-bond acceptors (Lipinski definition) is 2. The van der Waals surface area contributed by atoms with Gasteiger partial charge < -0.3 is 9.64 Å². The van der Waals surface area contributed by atoms with E-state index in [9.17, 15) is 0 Å². The summed E-state index contributed by atoms with van der Waals surface area (Å²) in [5, 5.41) is 0. The maximum atomic E-state index is 6.52. The first-order valence-corrected chi connectivity index (χ1v) is 12.2. The zero-order valence-electron chi connectivity index (χ0n) is 18.3. The summed E-state index contributed by atoms with van der Waals surface area (Å²) in [5.41, 5.74) is 7.78. The summed E-state index contributed by atoms with van der Waals surface area (Å²) >= 11 is 3.78. The average Bonchev–Trinajstić information content (AvgIpc) is 2.90. The highest BCUT2D eigenvalue weighted by atomic mass is 79.9. The van der Waals surface area contributed by atoms with Crippen LogP contribution in [0.5, 0.6) is 11.5 Å². The summed E-state index contributed by atoms with van der Waals surface area (Å²) < 4.78 is 7.47. The van der Waals surface area contributed by atoms with Gasteiger partial charge in [-0.25, -0.2) is 0 Å². The van der Waals surface area contributed by atoms with Crippen LogP contribution in [0.4, 0.5) is 17.1 Å². The zero-order chi connectivity index (χ0) is 22.7. The summed E-state index contributed by atoms with van der Waals surface area (Å²) in [5.74, 6) is 1.76. The highest BCUT2D eigenvalue weighted by Gasteiger charge is 2.51. The smallest absolute Gasteiger partial charge is 0.146 e. The highest BCUT2D eigenvalue weighted by Crippen LogP contribution is 2.63. The average molecular weight is 502 g/mol. The molecule has 0 bridgehead atoms. The second kappa shape index (κ2) is 7.34. The molecular formula is C31H20BrNO. The van der Waals surface area contributed by atoms with Gasteiger partial charge in [0.25, 0.3) is 0 Å². The molecule has 7 rings (SSSR count). The van der Waals surface area contributed by atoms with E-state index in [0.717, 1.165) is 32.8 Å². The molecule has 2 heterocycles. The van der Waals surface area contributed by atoms with E-state index >= 15 is 0 Å². The molecule has 0 saturated heterocycles. The van der Waals surface area contributed by atoms with Crippen LogP contribution in [-0.4, -0.2) is 0 Å². The third-order valence-corrected chi connectivity index (χ3v) is 7.61. The van der Waals surface area contributed by atoms with Crippen LogP contribution in [-0.2, 0) is 5.41 Å². The van der Waals surface area contributed by atoms with Crippen molar-refractivity contribution in [3.63, 3.8) is 0 Å². The van der Waals surface area contributed by atoms with Crippen LogP contribution in [0.25, 0.3) is 0 Å². The van der Waals surface area contributed by atoms with E-state index in [1.807, 2.05) is 6.07 Å². The molecule has 0 fully saturated rings. The van der Waals surface area contributed by atoms with E-state index < -0.39 is 5.41 Å². The van der Waals surface area contributed by atoms with Gasteiger partial charge in [0.15, 0.2) is 0 Å². The lowest BCUT2D eigenvalue weighted by atomic mass is 9.61. The molecule has 2 aliphatic heterocycles. The zero-order valence-corrected chi connectivity index (χ0v) is 19.9. The quantitative estimate of drug-likeness (QED) is 0.223. The van der Waals surface area contributed by atoms with E-state index in [-0.39, 0.29) is 0 Å². The SMILES string of the molecule is Brc1cccc2c1Oc1ccccc1C21c2ccccc2N(c2ccccc2)c2ccccc21. The second-order valence-corrected chi connectivity index (χ2v) is 9.52. The number of benzene rings is 5. The van der Waals surface area contributed by atoms with E-state index in [1.54, 1.807) is 0 Å². The Balaban J connectivity index is 1.68. The summed E-state index contributed by atoms with van der Waals surface area (Å²) in [6, 6.07) is 43.0. The Morgan fingerprint density at radius 1 is 0.529 bits per heavy atom. The van der Waals surface area contributed by atoms with Gasteiger partial charge in [-0.05, 0) is 63.5 Å². The molecule has 0 radical (unpaired) electrons. The lowest BCUT2D eigenvalue weighted by Crippen LogP contribution is -2.39. The maximum absolute atomic E-state index is 6.52. The van der Waals surface area contributed by atoms with Gasteiger partial charge in [0.05, 0.1) is 21.3 Å². The van der Waals surface area contributed by atoms with Crippen LogP contribution < -0.4 is 9.64 Å². The van der Waals surface area contributed by atoms with E-state index in [1.165, 1.54) is 22.5 Å². The Kier molecular flexibility index (Phi) is 4.24. The van der Waals surface area contributed by atoms with Crippen molar-refractivity contribution in [1.82, 2.24) is 0 Å². The Bertz CT molecular complexity index is 1510. The van der Waals surface area contributed by atoms with Gasteiger partial charge in [-0.15, -0.1) is 0 Å². The van der Waals surface area contributed by atoms with Crippen LogP contribution in [0.15, 0.2) is 126 Å². The fraction of sp³-hybridized carbons (Fsp3) is 0.0323. The van der Waals surface area contributed by atoms with Crippen LogP contribution in [0.2, 0.25) is 0 Å². The fourth-order valence-electron chi connectivity index (χ4n) is 5.71. The van der Waals surface area contributed by atoms with Gasteiger partial charge in [0.2, 0.25) is 0 Å². The molecule has 0 aliphatic carbocycles. The first-order chi connectivity index (χ1) is 16.8. The van der Waals surface area contributed by atoms with Gasteiger partial charge in [0, 0.05) is 16.8 Å². The number of para-hydroxylation sites is 5. The predicted octanol–water partition coefficient (Wildman–Crippen LogP) is 8.72. The second-order valence-electron chi connectivity index (χ2n) is 8.67. The summed E-state index contributed by atoms with van der Waals surface area (Å²) in [6.07, 6.45) is 0. The standard InChI is InChI=1S/C31H20BrNO/c32-26-17-10-16-25-30(26)34-29-20-9-6-15-24(29)31(25)22-13-4-7-18-27(22)33(21-11-2-1-3-12-21)28-19-8-5-14-23(28)31/h1-20H. The fourth-order valence-corrected chi connectivity index (χ4v) is 6.16. The molecule has 0 N–H and O–H groups in total. The lowest BCUT2D eigenvalue weighted by molar-refractivity contribution is 0.431. The maximum Gasteiger partial charge on any atom is 0.146 e. The van der Waals surface area contributed by atoms with E-state index in [4.69, 9.17) is 4.74 Å². The summed E-state index contributed by atoms with van der Waals surface area (Å²) in [6.45, 7) is 0. The minimum atomic E-state index is -0.508. The van der Waals surface area contributed by atoms with Gasteiger partial charge in [0.1, 0.15) is 11.5 Å². The van der Waals surface area contributed by atoms with Crippen molar-refractivity contribution in [3.8, 4) is 11.5 Å². The molecule has 0 atom stereocenters. The number of rotatable bonds is 1. The molecule has 162 valence electrons. The van der Waals surface area contributed by atoms with Crippen LogP contribution >= 0.6 is 15.9 Å². The largest absolute Gasteiger partial charge is 0.455 e. The molecular weight excluding hydrogens is 482 g/mol. The molecule has 1 spiro atoms. The predicted molar refractivity (Wildman–Crippen MR) is 141 cm³/mol. The minimum absolute atomic E-state index is 0.508. The Labute approximate surface area is 207 Å². The highest BCUT2D eigenvalue weighted by molar-refractivity contribution is 9.10. The number of hydrogen-bond donors (Lipinski definition) is 0. The molecule has 5 aromatic carbocycles. The summed E-state index contributed by atoms with van der Waals surface area (Å²) in [4.78, 5) is 2.38. The van der Waals surface area contributed by atoms with Crippen molar-refractivity contribution in [1.29, 1.82) is 0 Å². The molecule has 0 aromatic heterocycles. The van der Waals surface area contributed by atoms with Crippen molar-refractivity contribution in [2.24, 2.45) is 0 Å². The van der Waals surface area contributed by atoms with Crippen molar-refractivity contribution in [3.05, 3.63) is 148 Å². The van der Waals surface area contributed by atoms with Gasteiger partial charge in [-0.3, -0.25) is 0 Å². The Morgan fingerprint density at radius 2 is 1.09 bits per heavy atom. The topological polar surface area (TPSA) is 12.5 Å². The molecule has 2 aliphatic rings. The number of nitrogens with zero attached hydrogens (tertiary/aromatic N) is 1. The number of ether oxygens (including phenoxy) is 1. The molecule has 34 heavy (non-hydrogen) atoms. The number of halogens is 1. The molecule has 0 amide bonds. The minimum Gasteiger partial charge on any atom is -0.455 e. The van der Waals surface area contributed by atoms with Crippen molar-refractivity contribution >= 4 is 33.0 Å². The third-order valence-electron chi connectivity index (χ3n) is 6.99. The van der Waals surface area contributed by atoms with Crippen LogP contribution in [0.3, 0.4) is 0 Å². The number of anilines is 3. The normalized spacial score (nSPS) is 14.4. The monoisotopic (exact) mass is 501 g/mol. The van der Waals surface area contributed by atoms with Gasteiger partial charge >= 0.3 is 0 Å². The van der Waals surface area contributed by atoms with Gasteiger partial charge in [-0.2, -0.15) is 0 Å². The molecule has 2 nitrogen and oxygen atoms in total. The lowest BCUT2D eigenvalue weighted by Gasteiger charge is -2.48. The Morgan fingerprint density at radius 3 is 1.79 bits per heavy atom. The summed E-state index contributed by atoms with van der Waals surface area (Å²) in [7, 11) is 0. The molecule has 0 unspecified atom stereocenters. The van der Waals surface area contributed by atoms with E-state index in [0.29, 0.717) is 0 Å². The van der Waals surface area contributed by atoms with Crippen LogP contribution in [0, 0.1) is 0 Å². The van der Waals surface area contributed by atoms with Gasteiger partial charge in [-0.1, -0.05) is 84.9 Å². The molecule has 3 heteroatoms. The first kappa shape index (κ1) is 19.6. The van der Waals surface area contributed by atoms with Crippen molar-refractivity contribution < 1.29 is 4.74 Å². The third kappa shape index (κ3) is 2.50. The van der Waals surface area contributed by atoms with E-state index in [2.05, 4.69) is 136 Å². The van der Waals surface area contributed by atoms with Crippen molar-refractivity contribution in [2.45, 2.75) is 5.41 Å². The first-order valence-electron chi connectivity index (χ1n) is 11.4. The molecule has 5 aromatic rings. The molecule has 0 saturated carbocycles. The number of fused-ring (bicyclic) bond motifs is 8. The van der Waals surface area contributed by atoms with Crippen LogP contribution in [0.1, 0.15) is 22.3 Å². The Hall–Kier alpha value is -3.82. The van der Waals surface area contributed by atoms with Crippen molar-refractivity contribution in [2.75, 3.05) is 4.90 Å².